The van der Waals surface area contributed by atoms with E-state index < -0.39 is 5.97 Å². The minimum absolute atomic E-state index is 0.261. The fourth-order valence-electron chi connectivity index (χ4n) is 2.39. The standard InChI is InChI=1S/C21H26N2O5/c1-4-7-12-28-17-9-8-15(13-18(17)26-5-2)20(24)23-19-14-16(10-11-22-19)21(25)27-6-3/h8-11,13-14H,4-7,12H2,1-3H3,(H,22,23,24). The van der Waals surface area contributed by atoms with E-state index >= 15 is 0 Å². The third-order valence-corrected chi connectivity index (χ3v) is 3.77. The number of hydrogen-bond donors (Lipinski definition) is 1. The highest BCUT2D eigenvalue weighted by atomic mass is 16.5. The van der Waals surface area contributed by atoms with Crippen molar-refractivity contribution in [1.82, 2.24) is 4.98 Å². The lowest BCUT2D eigenvalue weighted by atomic mass is 10.2. The van der Waals surface area contributed by atoms with Gasteiger partial charge in [-0.2, -0.15) is 0 Å². The number of esters is 1. The largest absolute Gasteiger partial charge is 0.490 e. The molecule has 7 nitrogen and oxygen atoms in total. The van der Waals surface area contributed by atoms with Gasteiger partial charge in [-0.15, -0.1) is 0 Å². The third kappa shape index (κ3) is 5.97. The molecule has 1 amide bonds. The molecule has 150 valence electrons. The van der Waals surface area contributed by atoms with Crippen LogP contribution >= 0.6 is 0 Å². The van der Waals surface area contributed by atoms with E-state index in [2.05, 4.69) is 17.2 Å². The summed E-state index contributed by atoms with van der Waals surface area (Å²) in [6.07, 6.45) is 3.41. The summed E-state index contributed by atoms with van der Waals surface area (Å²) < 4.78 is 16.3. The van der Waals surface area contributed by atoms with Crippen molar-refractivity contribution < 1.29 is 23.8 Å². The summed E-state index contributed by atoms with van der Waals surface area (Å²) in [5.41, 5.74) is 0.719. The van der Waals surface area contributed by atoms with Crippen LogP contribution in [0.15, 0.2) is 36.5 Å². The lowest BCUT2D eigenvalue weighted by molar-refractivity contribution is 0.0526. The predicted octanol–water partition coefficient (Wildman–Crippen LogP) is 4.09. The fourth-order valence-corrected chi connectivity index (χ4v) is 2.39. The van der Waals surface area contributed by atoms with Crippen LogP contribution in [0.3, 0.4) is 0 Å². The highest BCUT2D eigenvalue weighted by molar-refractivity contribution is 6.04. The molecule has 28 heavy (non-hydrogen) atoms. The number of unbranched alkanes of at least 4 members (excludes halogenated alkanes) is 1. The molecule has 0 atom stereocenters. The van der Waals surface area contributed by atoms with E-state index in [0.717, 1.165) is 12.8 Å². The summed E-state index contributed by atoms with van der Waals surface area (Å²) in [4.78, 5) is 28.5. The Balaban J connectivity index is 2.14. The van der Waals surface area contributed by atoms with Gasteiger partial charge in [0.15, 0.2) is 11.5 Å². The maximum atomic E-state index is 12.6. The Kier molecular flexibility index (Phi) is 8.27. The molecule has 0 aliphatic heterocycles. The lowest BCUT2D eigenvalue weighted by Crippen LogP contribution is -2.14. The number of rotatable bonds is 10. The Morgan fingerprint density at radius 2 is 1.79 bits per heavy atom. The van der Waals surface area contributed by atoms with Crippen LogP contribution in [0.1, 0.15) is 54.3 Å². The second kappa shape index (κ2) is 10.9. The Morgan fingerprint density at radius 1 is 0.964 bits per heavy atom. The summed E-state index contributed by atoms with van der Waals surface area (Å²) in [6, 6.07) is 8.02. The molecule has 7 heteroatoms. The predicted molar refractivity (Wildman–Crippen MR) is 106 cm³/mol. The zero-order valence-corrected chi connectivity index (χ0v) is 16.5. The molecule has 0 spiro atoms. The van der Waals surface area contributed by atoms with Gasteiger partial charge in [0.05, 0.1) is 25.4 Å². The summed E-state index contributed by atoms with van der Waals surface area (Å²) in [5, 5.41) is 2.68. The topological polar surface area (TPSA) is 86.8 Å². The number of amides is 1. The van der Waals surface area contributed by atoms with E-state index in [1.165, 1.54) is 18.3 Å². The first-order valence-corrected chi connectivity index (χ1v) is 9.43. The summed E-state index contributed by atoms with van der Waals surface area (Å²) >= 11 is 0. The number of benzene rings is 1. The number of carbonyl (C=O) groups excluding carboxylic acids is 2. The first-order valence-electron chi connectivity index (χ1n) is 9.43. The summed E-state index contributed by atoms with van der Waals surface area (Å²) in [5.74, 6) is 0.549. The van der Waals surface area contributed by atoms with Gasteiger partial charge < -0.3 is 19.5 Å². The van der Waals surface area contributed by atoms with E-state index in [4.69, 9.17) is 14.2 Å². The smallest absolute Gasteiger partial charge is 0.338 e. The second-order valence-electron chi connectivity index (χ2n) is 5.90. The fraction of sp³-hybridized carbons (Fsp3) is 0.381. The van der Waals surface area contributed by atoms with Crippen molar-refractivity contribution in [3.05, 3.63) is 47.7 Å². The molecule has 0 saturated carbocycles. The van der Waals surface area contributed by atoms with Gasteiger partial charge in [-0.05, 0) is 50.6 Å². The number of carbonyl (C=O) groups is 2. The molecule has 0 saturated heterocycles. The minimum atomic E-state index is -0.465. The highest BCUT2D eigenvalue weighted by Crippen LogP contribution is 2.29. The number of pyridine rings is 1. The van der Waals surface area contributed by atoms with Crippen molar-refractivity contribution in [2.75, 3.05) is 25.1 Å². The van der Waals surface area contributed by atoms with Crippen LogP contribution in [-0.2, 0) is 4.74 Å². The van der Waals surface area contributed by atoms with Crippen molar-refractivity contribution in [2.45, 2.75) is 33.6 Å². The number of nitrogens with one attached hydrogen (secondary N) is 1. The zero-order chi connectivity index (χ0) is 20.4. The molecule has 0 radical (unpaired) electrons. The number of aromatic nitrogens is 1. The van der Waals surface area contributed by atoms with Crippen LogP contribution in [-0.4, -0.2) is 36.7 Å². The Labute approximate surface area is 165 Å². The van der Waals surface area contributed by atoms with E-state index in [-0.39, 0.29) is 18.3 Å². The molecule has 1 aromatic carbocycles. The first-order chi connectivity index (χ1) is 13.6. The summed E-state index contributed by atoms with van der Waals surface area (Å²) in [7, 11) is 0. The van der Waals surface area contributed by atoms with E-state index in [9.17, 15) is 9.59 Å². The number of hydrogen-bond acceptors (Lipinski definition) is 6. The molecule has 0 unspecified atom stereocenters. The molecule has 1 heterocycles. The molecular weight excluding hydrogens is 360 g/mol. The van der Waals surface area contributed by atoms with Crippen LogP contribution in [0.4, 0.5) is 5.82 Å². The van der Waals surface area contributed by atoms with Gasteiger partial charge in [-0.25, -0.2) is 9.78 Å². The average Bonchev–Trinajstić information content (AvgIpc) is 2.69. The lowest BCUT2D eigenvalue weighted by Gasteiger charge is -2.13. The molecule has 2 aromatic rings. The number of anilines is 1. The monoisotopic (exact) mass is 386 g/mol. The molecule has 1 aromatic heterocycles. The van der Waals surface area contributed by atoms with Crippen molar-refractivity contribution in [2.24, 2.45) is 0 Å². The highest BCUT2D eigenvalue weighted by Gasteiger charge is 2.14. The van der Waals surface area contributed by atoms with E-state index in [1.807, 2.05) is 6.92 Å². The van der Waals surface area contributed by atoms with Gasteiger partial charge in [-0.1, -0.05) is 13.3 Å². The van der Waals surface area contributed by atoms with Gasteiger partial charge in [0, 0.05) is 11.8 Å². The van der Waals surface area contributed by atoms with Crippen LogP contribution in [0.5, 0.6) is 11.5 Å². The van der Waals surface area contributed by atoms with Crippen LogP contribution < -0.4 is 14.8 Å². The number of ether oxygens (including phenoxy) is 3. The van der Waals surface area contributed by atoms with Crippen molar-refractivity contribution >= 4 is 17.7 Å². The molecule has 0 aliphatic carbocycles. The molecule has 0 aliphatic rings. The second-order valence-corrected chi connectivity index (χ2v) is 5.90. The zero-order valence-electron chi connectivity index (χ0n) is 16.5. The van der Waals surface area contributed by atoms with Crippen LogP contribution in [0.2, 0.25) is 0 Å². The molecule has 0 bridgehead atoms. The Hall–Kier alpha value is -3.09. The minimum Gasteiger partial charge on any atom is -0.490 e. The van der Waals surface area contributed by atoms with Gasteiger partial charge in [0.25, 0.3) is 5.91 Å². The van der Waals surface area contributed by atoms with Crippen molar-refractivity contribution in [3.63, 3.8) is 0 Å². The quantitative estimate of drug-likeness (QED) is 0.489. The maximum Gasteiger partial charge on any atom is 0.338 e. The van der Waals surface area contributed by atoms with E-state index in [1.54, 1.807) is 25.1 Å². The van der Waals surface area contributed by atoms with Gasteiger partial charge in [0.1, 0.15) is 5.82 Å². The third-order valence-electron chi connectivity index (χ3n) is 3.77. The number of nitrogens with zero attached hydrogens (tertiary/aromatic N) is 1. The summed E-state index contributed by atoms with van der Waals surface area (Å²) in [6.45, 7) is 7.01. The molecule has 2 rings (SSSR count). The first kappa shape index (κ1) is 21.2. The van der Waals surface area contributed by atoms with Crippen LogP contribution in [0.25, 0.3) is 0 Å². The average molecular weight is 386 g/mol. The normalized spacial score (nSPS) is 10.2. The van der Waals surface area contributed by atoms with Crippen molar-refractivity contribution in [3.8, 4) is 11.5 Å². The Morgan fingerprint density at radius 3 is 2.50 bits per heavy atom. The van der Waals surface area contributed by atoms with Gasteiger partial charge in [0.2, 0.25) is 0 Å². The Bertz CT molecular complexity index is 807. The van der Waals surface area contributed by atoms with Crippen LogP contribution in [0, 0.1) is 0 Å². The van der Waals surface area contributed by atoms with E-state index in [0.29, 0.717) is 35.8 Å². The SMILES string of the molecule is CCCCOc1ccc(C(=O)Nc2cc(C(=O)OCC)ccn2)cc1OCC. The van der Waals surface area contributed by atoms with Gasteiger partial charge >= 0.3 is 5.97 Å². The maximum absolute atomic E-state index is 12.6. The van der Waals surface area contributed by atoms with Crippen molar-refractivity contribution in [1.29, 1.82) is 0 Å². The molecule has 0 fully saturated rings. The molecular formula is C21H26N2O5. The van der Waals surface area contributed by atoms with Gasteiger partial charge in [-0.3, -0.25) is 4.79 Å². The molecule has 1 N–H and O–H groups in total.